The average molecular weight is 404 g/mol. The van der Waals surface area contributed by atoms with E-state index in [0.717, 1.165) is 0 Å². The molecule has 1 rings (SSSR count). The Kier molecular flexibility index (Phi) is 6.58. The second-order valence-electron chi connectivity index (χ2n) is 6.67. The Bertz CT molecular complexity index is 436. The van der Waals surface area contributed by atoms with Crippen LogP contribution >= 0.6 is 0 Å². The SMILES string of the molecule is CC(C)(C)c1cccc([IH+])c1C(C)(C)C.F[B-](F)(F)F. The molecule has 0 nitrogen and oxygen atoms in total. The summed E-state index contributed by atoms with van der Waals surface area (Å²) in [7, 11) is -6.00. The average Bonchev–Trinajstić information content (AvgIpc) is 2.10. The molecule has 0 aliphatic heterocycles. The maximum atomic E-state index is 9.75. The van der Waals surface area contributed by atoms with E-state index in [4.69, 9.17) is 0 Å². The Morgan fingerprint density at radius 1 is 0.850 bits per heavy atom. The minimum atomic E-state index is -6.00. The summed E-state index contributed by atoms with van der Waals surface area (Å²) in [5, 5.41) is 0. The molecule has 6 heteroatoms. The molecule has 0 bridgehead atoms. The van der Waals surface area contributed by atoms with Crippen molar-refractivity contribution < 1.29 is 39.9 Å². The van der Waals surface area contributed by atoms with Crippen molar-refractivity contribution in [2.45, 2.75) is 52.4 Å². The number of halogens is 5. The van der Waals surface area contributed by atoms with Crippen LogP contribution in [0.15, 0.2) is 18.2 Å². The van der Waals surface area contributed by atoms with E-state index in [2.05, 4.69) is 82.3 Å². The highest BCUT2D eigenvalue weighted by molar-refractivity contribution is 6.50. The van der Waals surface area contributed by atoms with E-state index in [1.807, 2.05) is 0 Å². The molecule has 0 saturated carbocycles. The first-order valence-electron chi connectivity index (χ1n) is 6.32. The van der Waals surface area contributed by atoms with Crippen LogP contribution in [0.1, 0.15) is 52.7 Å². The minimum Gasteiger partial charge on any atom is -0.418 e. The fraction of sp³-hybridized carbons (Fsp3) is 0.571. The van der Waals surface area contributed by atoms with Gasteiger partial charge < -0.3 is 17.3 Å². The molecule has 0 radical (unpaired) electrons. The number of hydrogen-bond acceptors (Lipinski definition) is 0. The number of benzene rings is 1. The van der Waals surface area contributed by atoms with Gasteiger partial charge in [-0.2, -0.15) is 0 Å². The minimum absolute atomic E-state index is 0.232. The summed E-state index contributed by atoms with van der Waals surface area (Å²) < 4.78 is 40.4. The second kappa shape index (κ2) is 6.66. The van der Waals surface area contributed by atoms with Crippen LogP contribution in [0.5, 0.6) is 0 Å². The zero-order valence-electron chi connectivity index (χ0n) is 12.7. The largest absolute Gasteiger partial charge is 0.673 e. The van der Waals surface area contributed by atoms with Gasteiger partial charge >= 0.3 is 7.25 Å². The normalized spacial score (nSPS) is 12.8. The van der Waals surface area contributed by atoms with Gasteiger partial charge in [0.25, 0.3) is 22.6 Å². The van der Waals surface area contributed by atoms with Gasteiger partial charge in [0.15, 0.2) is 3.57 Å². The van der Waals surface area contributed by atoms with Crippen molar-refractivity contribution >= 4 is 7.25 Å². The standard InChI is InChI=1S/C14H22I.BF4/c1-13(2,3)10-8-7-9-11(15)12(10)14(4,5)6;2-1(3,4)5/h7-9,15H,1-6H3;/q+1;-1. The maximum absolute atomic E-state index is 9.75. The molecule has 0 saturated heterocycles. The molecule has 1 aromatic carbocycles. The summed E-state index contributed by atoms with van der Waals surface area (Å²) in [5.41, 5.74) is 3.47. The van der Waals surface area contributed by atoms with Gasteiger partial charge in [-0.1, -0.05) is 53.7 Å². The van der Waals surface area contributed by atoms with Crippen molar-refractivity contribution in [1.29, 1.82) is 0 Å². The number of hydrogen-bond donors (Lipinski definition) is 0. The van der Waals surface area contributed by atoms with E-state index >= 15 is 0 Å². The van der Waals surface area contributed by atoms with Gasteiger partial charge in [-0.05, 0) is 22.5 Å². The van der Waals surface area contributed by atoms with E-state index in [9.17, 15) is 17.3 Å². The smallest absolute Gasteiger partial charge is 0.418 e. The molecule has 20 heavy (non-hydrogen) atoms. The van der Waals surface area contributed by atoms with E-state index in [0.29, 0.717) is 0 Å². The van der Waals surface area contributed by atoms with Gasteiger partial charge in [-0.25, -0.2) is 0 Å². The Morgan fingerprint density at radius 3 is 1.50 bits per heavy atom. The first-order chi connectivity index (χ1) is 8.64. The van der Waals surface area contributed by atoms with E-state index in [-0.39, 0.29) is 10.8 Å². The molecule has 0 aliphatic carbocycles. The van der Waals surface area contributed by atoms with Crippen LogP contribution in [-0.2, 0) is 10.8 Å². The summed E-state index contributed by atoms with van der Waals surface area (Å²) in [5.74, 6) is 0. The summed E-state index contributed by atoms with van der Waals surface area (Å²) in [6.07, 6.45) is 0. The van der Waals surface area contributed by atoms with Gasteiger partial charge in [-0.3, -0.25) is 0 Å². The lowest BCUT2D eigenvalue weighted by Crippen LogP contribution is -3.34. The van der Waals surface area contributed by atoms with Crippen molar-refractivity contribution in [3.05, 3.63) is 32.9 Å². The van der Waals surface area contributed by atoms with E-state index in [1.54, 1.807) is 0 Å². The molecule has 0 fully saturated rings. The van der Waals surface area contributed by atoms with Crippen molar-refractivity contribution in [1.82, 2.24) is 0 Å². The molecule has 116 valence electrons. The quantitative estimate of drug-likeness (QED) is 0.353. The fourth-order valence-corrected chi connectivity index (χ4v) is 3.34. The summed E-state index contributed by atoms with van der Waals surface area (Å²) in [6.45, 7) is 13.8. The maximum Gasteiger partial charge on any atom is 0.673 e. The monoisotopic (exact) mass is 404 g/mol. The molecule has 0 heterocycles. The molecule has 0 atom stereocenters. The molecular weight excluding hydrogens is 382 g/mol. The van der Waals surface area contributed by atoms with Crippen molar-refractivity contribution in [2.75, 3.05) is 0 Å². The van der Waals surface area contributed by atoms with Crippen molar-refractivity contribution in [3.8, 4) is 0 Å². The van der Waals surface area contributed by atoms with E-state index in [1.165, 1.54) is 14.7 Å². The molecule has 0 amide bonds. The van der Waals surface area contributed by atoms with Crippen LogP contribution in [0.3, 0.4) is 0 Å². The first kappa shape index (κ1) is 19.7. The van der Waals surface area contributed by atoms with Crippen LogP contribution in [0.4, 0.5) is 17.3 Å². The molecule has 0 unspecified atom stereocenters. The van der Waals surface area contributed by atoms with Crippen LogP contribution in [0.2, 0.25) is 0 Å². The second-order valence-corrected chi connectivity index (χ2v) is 7.93. The molecule has 1 aromatic rings. The zero-order chi connectivity index (χ0) is 16.4. The van der Waals surface area contributed by atoms with Crippen LogP contribution in [0, 0.1) is 3.57 Å². The third kappa shape index (κ3) is 7.50. The van der Waals surface area contributed by atoms with Crippen LogP contribution in [0.25, 0.3) is 0 Å². The Hall–Kier alpha value is -0.265. The van der Waals surface area contributed by atoms with Gasteiger partial charge in [0.1, 0.15) is 0 Å². The van der Waals surface area contributed by atoms with Crippen molar-refractivity contribution in [3.63, 3.8) is 0 Å². The van der Waals surface area contributed by atoms with Gasteiger partial charge in [-0.15, -0.1) is 0 Å². The predicted molar refractivity (Wildman–Crippen MR) is 74.1 cm³/mol. The Morgan fingerprint density at radius 2 is 1.25 bits per heavy atom. The summed E-state index contributed by atoms with van der Waals surface area (Å²) >= 11 is 2.14. The molecular formula is C14H22BF4I. The molecule has 0 N–H and O–H groups in total. The highest BCUT2D eigenvalue weighted by atomic mass is 127. The molecule has 0 aliphatic rings. The Labute approximate surface area is 132 Å². The molecule has 0 spiro atoms. The highest BCUT2D eigenvalue weighted by Gasteiger charge is 2.29. The van der Waals surface area contributed by atoms with E-state index < -0.39 is 7.25 Å². The van der Waals surface area contributed by atoms with Crippen molar-refractivity contribution in [2.24, 2.45) is 0 Å². The topological polar surface area (TPSA) is 0 Å². The Balaban J connectivity index is 0.000000621. The molecule has 0 aromatic heterocycles. The van der Waals surface area contributed by atoms with Crippen LogP contribution in [-0.4, -0.2) is 7.25 Å². The van der Waals surface area contributed by atoms with Gasteiger partial charge in [0.05, 0.1) is 0 Å². The third-order valence-corrected chi connectivity index (χ3v) is 3.56. The zero-order valence-corrected chi connectivity index (χ0v) is 15.1. The lowest BCUT2D eigenvalue weighted by atomic mass is 9.75. The summed E-state index contributed by atoms with van der Waals surface area (Å²) in [6, 6.07) is 6.67. The van der Waals surface area contributed by atoms with Crippen LogP contribution < -0.4 is 22.6 Å². The first-order valence-corrected chi connectivity index (χ1v) is 7.49. The van der Waals surface area contributed by atoms with Gasteiger partial charge in [0.2, 0.25) is 0 Å². The fourth-order valence-electron chi connectivity index (χ4n) is 1.93. The predicted octanol–water partition coefficient (Wildman–Crippen LogP) is 2.04. The lowest BCUT2D eigenvalue weighted by Gasteiger charge is -2.29. The summed E-state index contributed by atoms with van der Waals surface area (Å²) in [4.78, 5) is 0. The third-order valence-electron chi connectivity index (χ3n) is 2.58. The number of rotatable bonds is 0. The van der Waals surface area contributed by atoms with Gasteiger partial charge in [0, 0.05) is 5.56 Å². The lowest BCUT2D eigenvalue weighted by molar-refractivity contribution is -0.330. The highest BCUT2D eigenvalue weighted by Crippen LogP contribution is 2.33.